The molecule has 3 heteroatoms. The topological polar surface area (TPSA) is 27.1 Å². The molecule has 3 nitrogen and oxygen atoms in total. The van der Waals surface area contributed by atoms with E-state index in [0.717, 1.165) is 12.1 Å². The van der Waals surface area contributed by atoms with Gasteiger partial charge in [0, 0.05) is 0 Å². The summed E-state index contributed by atoms with van der Waals surface area (Å²) >= 11 is 0. The molecule has 100 valence electrons. The minimum Gasteiger partial charge on any atom is -0.370 e. The maximum atomic E-state index is 6.38. The average Bonchev–Trinajstić information content (AvgIpc) is 3.14. The Kier molecular flexibility index (Phi) is 2.62. The van der Waals surface area contributed by atoms with E-state index < -0.39 is 0 Å². The Hall–Kier alpha value is -1.35. The normalized spacial score (nSPS) is 25.6. The Balaban J connectivity index is 1.53. The third-order valence-corrected chi connectivity index (χ3v) is 4.78. The van der Waals surface area contributed by atoms with E-state index in [1.54, 1.807) is 0 Å². The highest BCUT2D eigenvalue weighted by molar-refractivity contribution is 5.74. The molecule has 2 fully saturated rings. The van der Waals surface area contributed by atoms with E-state index >= 15 is 0 Å². The van der Waals surface area contributed by atoms with Gasteiger partial charge in [-0.15, -0.1) is 0 Å². The van der Waals surface area contributed by atoms with Gasteiger partial charge in [0.15, 0.2) is 0 Å². The SMILES string of the molecule is c1ccc2c(c1)ncn2CC1CCC2(CCCC2)O1. The van der Waals surface area contributed by atoms with E-state index in [-0.39, 0.29) is 5.60 Å². The van der Waals surface area contributed by atoms with Crippen molar-refractivity contribution in [3.63, 3.8) is 0 Å². The molecule has 4 rings (SSSR count). The first-order valence-corrected chi connectivity index (χ1v) is 7.42. The van der Waals surface area contributed by atoms with Gasteiger partial charge in [-0.1, -0.05) is 25.0 Å². The van der Waals surface area contributed by atoms with Gasteiger partial charge in [0.25, 0.3) is 0 Å². The van der Waals surface area contributed by atoms with Crippen LogP contribution in [-0.4, -0.2) is 21.3 Å². The number of rotatable bonds is 2. The van der Waals surface area contributed by atoms with Gasteiger partial charge in [-0.05, 0) is 37.8 Å². The smallest absolute Gasteiger partial charge is 0.0959 e. The summed E-state index contributed by atoms with van der Waals surface area (Å²) in [6.45, 7) is 0.947. The van der Waals surface area contributed by atoms with Crippen LogP contribution in [0.3, 0.4) is 0 Å². The Morgan fingerprint density at radius 1 is 1.21 bits per heavy atom. The predicted octanol–water partition coefficient (Wildman–Crippen LogP) is 3.53. The van der Waals surface area contributed by atoms with Crippen LogP contribution in [0.5, 0.6) is 0 Å². The molecule has 0 amide bonds. The molecule has 2 aromatic rings. The van der Waals surface area contributed by atoms with Crippen molar-refractivity contribution in [2.24, 2.45) is 0 Å². The van der Waals surface area contributed by atoms with Crippen LogP contribution < -0.4 is 0 Å². The zero-order valence-corrected chi connectivity index (χ0v) is 11.2. The molecule has 1 saturated heterocycles. The summed E-state index contributed by atoms with van der Waals surface area (Å²) in [7, 11) is 0. The van der Waals surface area contributed by atoms with Gasteiger partial charge in [0.05, 0.1) is 35.6 Å². The van der Waals surface area contributed by atoms with Crippen molar-refractivity contribution in [2.75, 3.05) is 0 Å². The lowest BCUT2D eigenvalue weighted by Gasteiger charge is -2.24. The number of benzene rings is 1. The minimum absolute atomic E-state index is 0.237. The first-order valence-electron chi connectivity index (χ1n) is 7.42. The fourth-order valence-electron chi connectivity index (χ4n) is 3.79. The van der Waals surface area contributed by atoms with E-state index in [1.165, 1.54) is 44.0 Å². The molecular formula is C16H20N2O. The van der Waals surface area contributed by atoms with Crippen LogP contribution in [0.15, 0.2) is 30.6 Å². The Bertz CT molecular complexity index is 583. The summed E-state index contributed by atoms with van der Waals surface area (Å²) in [5.41, 5.74) is 2.54. The quantitative estimate of drug-likeness (QED) is 0.822. The lowest BCUT2D eigenvalue weighted by atomic mass is 9.98. The summed E-state index contributed by atoms with van der Waals surface area (Å²) in [6.07, 6.45) is 10.0. The highest BCUT2D eigenvalue weighted by Crippen LogP contribution is 2.43. The third-order valence-electron chi connectivity index (χ3n) is 4.78. The van der Waals surface area contributed by atoms with Crippen LogP contribution in [-0.2, 0) is 11.3 Å². The number of imidazole rings is 1. The minimum atomic E-state index is 0.237. The lowest BCUT2D eigenvalue weighted by molar-refractivity contribution is -0.0414. The summed E-state index contributed by atoms with van der Waals surface area (Å²) < 4.78 is 8.63. The van der Waals surface area contributed by atoms with Crippen molar-refractivity contribution in [1.82, 2.24) is 9.55 Å². The van der Waals surface area contributed by atoms with Gasteiger partial charge in [-0.25, -0.2) is 4.98 Å². The van der Waals surface area contributed by atoms with Crippen LogP contribution in [0.4, 0.5) is 0 Å². The molecule has 19 heavy (non-hydrogen) atoms. The molecule has 2 aliphatic rings. The van der Waals surface area contributed by atoms with E-state index in [1.807, 2.05) is 12.4 Å². The van der Waals surface area contributed by atoms with E-state index in [2.05, 4.69) is 27.8 Å². The molecule has 1 spiro atoms. The second kappa shape index (κ2) is 4.34. The molecular weight excluding hydrogens is 236 g/mol. The molecule has 1 aliphatic heterocycles. The highest BCUT2D eigenvalue weighted by Gasteiger charge is 2.42. The number of nitrogens with zero attached hydrogens (tertiary/aromatic N) is 2. The van der Waals surface area contributed by atoms with Crippen molar-refractivity contribution in [1.29, 1.82) is 0 Å². The number of fused-ring (bicyclic) bond motifs is 1. The average molecular weight is 256 g/mol. The molecule has 1 saturated carbocycles. The predicted molar refractivity (Wildman–Crippen MR) is 75.0 cm³/mol. The summed E-state index contributed by atoms with van der Waals surface area (Å²) in [5, 5.41) is 0. The van der Waals surface area contributed by atoms with E-state index in [4.69, 9.17) is 4.74 Å². The molecule has 1 aromatic heterocycles. The van der Waals surface area contributed by atoms with E-state index in [0.29, 0.717) is 6.10 Å². The molecule has 1 atom stereocenters. The molecule has 0 bridgehead atoms. The Morgan fingerprint density at radius 3 is 2.95 bits per heavy atom. The highest BCUT2D eigenvalue weighted by atomic mass is 16.5. The summed E-state index contributed by atoms with van der Waals surface area (Å²) in [5.74, 6) is 0. The second-order valence-corrected chi connectivity index (χ2v) is 6.05. The van der Waals surface area contributed by atoms with Crippen LogP contribution in [0.1, 0.15) is 38.5 Å². The van der Waals surface area contributed by atoms with Gasteiger partial charge < -0.3 is 9.30 Å². The second-order valence-electron chi connectivity index (χ2n) is 6.05. The summed E-state index contributed by atoms with van der Waals surface area (Å²) in [6, 6.07) is 8.33. The van der Waals surface area contributed by atoms with Gasteiger partial charge in [0.1, 0.15) is 0 Å². The molecule has 2 heterocycles. The maximum Gasteiger partial charge on any atom is 0.0959 e. The van der Waals surface area contributed by atoms with Crippen molar-refractivity contribution in [3.8, 4) is 0 Å². The van der Waals surface area contributed by atoms with Gasteiger partial charge in [0.2, 0.25) is 0 Å². The van der Waals surface area contributed by atoms with Crippen molar-refractivity contribution < 1.29 is 4.74 Å². The van der Waals surface area contributed by atoms with Crippen LogP contribution in [0.25, 0.3) is 11.0 Å². The molecule has 0 radical (unpaired) electrons. The Labute approximate surface area is 113 Å². The third kappa shape index (κ3) is 1.96. The number of ether oxygens (including phenoxy) is 1. The largest absolute Gasteiger partial charge is 0.370 e. The van der Waals surface area contributed by atoms with Crippen LogP contribution >= 0.6 is 0 Å². The number of hydrogen-bond acceptors (Lipinski definition) is 2. The fourth-order valence-corrected chi connectivity index (χ4v) is 3.79. The zero-order valence-electron chi connectivity index (χ0n) is 11.2. The number of para-hydroxylation sites is 2. The van der Waals surface area contributed by atoms with Gasteiger partial charge in [-0.2, -0.15) is 0 Å². The Morgan fingerprint density at radius 2 is 2.05 bits per heavy atom. The first kappa shape index (κ1) is 11.5. The van der Waals surface area contributed by atoms with E-state index in [9.17, 15) is 0 Å². The van der Waals surface area contributed by atoms with Crippen molar-refractivity contribution in [3.05, 3.63) is 30.6 Å². The van der Waals surface area contributed by atoms with Crippen LogP contribution in [0.2, 0.25) is 0 Å². The summed E-state index contributed by atoms with van der Waals surface area (Å²) in [4.78, 5) is 4.46. The van der Waals surface area contributed by atoms with Gasteiger partial charge in [-0.3, -0.25) is 0 Å². The standard InChI is InChI=1S/C16H20N2O/c1-2-6-15-14(5-1)17-12-18(15)11-13-7-10-16(19-13)8-3-4-9-16/h1-2,5-6,12-13H,3-4,7-11H2. The van der Waals surface area contributed by atoms with Gasteiger partial charge >= 0.3 is 0 Å². The van der Waals surface area contributed by atoms with Crippen molar-refractivity contribution in [2.45, 2.75) is 56.8 Å². The lowest BCUT2D eigenvalue weighted by Crippen LogP contribution is -2.26. The fraction of sp³-hybridized carbons (Fsp3) is 0.562. The molecule has 1 aromatic carbocycles. The maximum absolute atomic E-state index is 6.38. The van der Waals surface area contributed by atoms with Crippen molar-refractivity contribution >= 4 is 11.0 Å². The number of hydrogen-bond donors (Lipinski definition) is 0. The molecule has 1 unspecified atom stereocenters. The van der Waals surface area contributed by atoms with Crippen LogP contribution in [0, 0.1) is 0 Å². The molecule has 1 aliphatic carbocycles. The number of aromatic nitrogens is 2. The zero-order chi connectivity index (χ0) is 12.7. The monoisotopic (exact) mass is 256 g/mol. The molecule has 0 N–H and O–H groups in total. The first-order chi connectivity index (χ1) is 9.35.